The van der Waals surface area contributed by atoms with Gasteiger partial charge in [-0.25, -0.2) is 4.98 Å². The number of nitrogens with zero attached hydrogens (tertiary/aromatic N) is 2. The van der Waals surface area contributed by atoms with E-state index in [2.05, 4.69) is 15.2 Å². The van der Waals surface area contributed by atoms with E-state index in [-0.39, 0.29) is 6.42 Å². The maximum absolute atomic E-state index is 10.5. The van der Waals surface area contributed by atoms with E-state index in [1.165, 1.54) is 0 Å². The third-order valence-corrected chi connectivity index (χ3v) is 2.74. The zero-order chi connectivity index (χ0) is 13.1. The smallest absolute Gasteiger partial charge is 0.303 e. The van der Waals surface area contributed by atoms with Gasteiger partial charge in [0.15, 0.2) is 5.82 Å². The molecule has 94 valence electrons. The Morgan fingerprint density at radius 3 is 2.89 bits per heavy atom. The van der Waals surface area contributed by atoms with Gasteiger partial charge in [-0.3, -0.25) is 9.89 Å². The Balaban J connectivity index is 2.23. The monoisotopic (exact) mass is 245 g/mol. The number of aromatic nitrogens is 3. The highest BCUT2D eigenvalue weighted by molar-refractivity contribution is 5.67. The number of carbonyl (C=O) groups is 1. The molecule has 0 radical (unpaired) electrons. The van der Waals surface area contributed by atoms with Gasteiger partial charge in [-0.1, -0.05) is 17.7 Å². The number of hydrogen-bond donors (Lipinski definition) is 2. The second-order valence-electron chi connectivity index (χ2n) is 4.32. The van der Waals surface area contributed by atoms with Crippen molar-refractivity contribution in [1.29, 1.82) is 0 Å². The first kappa shape index (κ1) is 12.3. The van der Waals surface area contributed by atoms with Crippen LogP contribution in [0, 0.1) is 13.8 Å². The maximum atomic E-state index is 10.5. The molecule has 0 aliphatic carbocycles. The van der Waals surface area contributed by atoms with E-state index in [1.54, 1.807) is 0 Å². The molecule has 2 N–H and O–H groups in total. The number of H-pyrrole nitrogens is 1. The molecule has 0 aliphatic rings. The number of hydrogen-bond acceptors (Lipinski definition) is 3. The Bertz CT molecular complexity index is 575. The third kappa shape index (κ3) is 2.74. The number of rotatable bonds is 4. The van der Waals surface area contributed by atoms with Crippen LogP contribution in [-0.4, -0.2) is 26.3 Å². The first-order valence-electron chi connectivity index (χ1n) is 5.77. The number of nitrogens with one attached hydrogen (secondary N) is 1. The van der Waals surface area contributed by atoms with Crippen LogP contribution in [-0.2, 0) is 11.2 Å². The lowest BCUT2D eigenvalue weighted by atomic mass is 10.1. The Morgan fingerprint density at radius 1 is 1.39 bits per heavy atom. The number of benzene rings is 1. The van der Waals surface area contributed by atoms with Crippen molar-refractivity contribution in [3.05, 3.63) is 35.2 Å². The average Bonchev–Trinajstić information content (AvgIpc) is 2.78. The van der Waals surface area contributed by atoms with Crippen LogP contribution in [0.2, 0.25) is 0 Å². The molecule has 5 heteroatoms. The van der Waals surface area contributed by atoms with Crippen LogP contribution >= 0.6 is 0 Å². The molecular formula is C13H15N3O2. The highest BCUT2D eigenvalue weighted by Crippen LogP contribution is 2.21. The fourth-order valence-electron chi connectivity index (χ4n) is 1.73. The topological polar surface area (TPSA) is 78.9 Å². The number of carboxylic acid groups (broad SMARTS) is 1. The van der Waals surface area contributed by atoms with Crippen LogP contribution in [0.5, 0.6) is 0 Å². The highest BCUT2D eigenvalue weighted by Gasteiger charge is 2.09. The summed E-state index contributed by atoms with van der Waals surface area (Å²) >= 11 is 0. The Hall–Kier alpha value is -2.17. The molecule has 1 aromatic carbocycles. The van der Waals surface area contributed by atoms with Crippen LogP contribution in [0.3, 0.4) is 0 Å². The van der Waals surface area contributed by atoms with Crippen LogP contribution in [0.15, 0.2) is 18.2 Å². The summed E-state index contributed by atoms with van der Waals surface area (Å²) in [4.78, 5) is 14.8. The van der Waals surface area contributed by atoms with Crippen molar-refractivity contribution in [1.82, 2.24) is 15.2 Å². The molecule has 0 amide bonds. The van der Waals surface area contributed by atoms with Gasteiger partial charge in [0.1, 0.15) is 5.82 Å². The van der Waals surface area contributed by atoms with Gasteiger partial charge in [0.05, 0.1) is 6.42 Å². The van der Waals surface area contributed by atoms with Gasteiger partial charge < -0.3 is 5.11 Å². The van der Waals surface area contributed by atoms with Gasteiger partial charge in [0, 0.05) is 12.0 Å². The minimum absolute atomic E-state index is 0.0570. The molecule has 0 unspecified atom stereocenters. The van der Waals surface area contributed by atoms with Crippen molar-refractivity contribution in [2.24, 2.45) is 0 Å². The van der Waals surface area contributed by atoms with E-state index in [4.69, 9.17) is 5.11 Å². The largest absolute Gasteiger partial charge is 0.481 e. The van der Waals surface area contributed by atoms with E-state index < -0.39 is 5.97 Å². The van der Waals surface area contributed by atoms with Gasteiger partial charge in [0.2, 0.25) is 0 Å². The minimum atomic E-state index is -0.834. The number of carboxylic acids is 1. The second-order valence-corrected chi connectivity index (χ2v) is 4.32. The fraction of sp³-hybridized carbons (Fsp3) is 0.308. The highest BCUT2D eigenvalue weighted by atomic mass is 16.4. The van der Waals surface area contributed by atoms with Gasteiger partial charge in [-0.15, -0.1) is 0 Å². The summed E-state index contributed by atoms with van der Waals surface area (Å²) in [5.41, 5.74) is 3.23. The van der Waals surface area contributed by atoms with E-state index >= 15 is 0 Å². The lowest BCUT2D eigenvalue weighted by Gasteiger charge is -2.02. The molecule has 2 rings (SSSR count). The summed E-state index contributed by atoms with van der Waals surface area (Å²) < 4.78 is 0. The number of aryl methyl sites for hydroxylation is 3. The SMILES string of the molecule is Cc1ccc(C)c(-c2n[nH]c(CCC(=O)O)n2)c1. The zero-order valence-corrected chi connectivity index (χ0v) is 10.4. The van der Waals surface area contributed by atoms with Crippen molar-refractivity contribution in [2.75, 3.05) is 0 Å². The predicted molar refractivity (Wildman–Crippen MR) is 67.2 cm³/mol. The van der Waals surface area contributed by atoms with Crippen molar-refractivity contribution in [3.8, 4) is 11.4 Å². The first-order valence-corrected chi connectivity index (χ1v) is 5.77. The molecule has 0 saturated heterocycles. The van der Waals surface area contributed by atoms with Gasteiger partial charge in [0.25, 0.3) is 0 Å². The van der Waals surface area contributed by atoms with Crippen molar-refractivity contribution >= 4 is 5.97 Å². The van der Waals surface area contributed by atoms with E-state index in [1.807, 2.05) is 32.0 Å². The van der Waals surface area contributed by atoms with E-state index in [0.29, 0.717) is 18.1 Å². The van der Waals surface area contributed by atoms with Crippen LogP contribution in [0.1, 0.15) is 23.4 Å². The lowest BCUT2D eigenvalue weighted by Crippen LogP contribution is -1.98. The molecule has 0 fully saturated rings. The predicted octanol–water partition coefficient (Wildman–Crippen LogP) is 2.11. The molecule has 5 nitrogen and oxygen atoms in total. The molecule has 0 spiro atoms. The molecular weight excluding hydrogens is 230 g/mol. The molecule has 18 heavy (non-hydrogen) atoms. The quantitative estimate of drug-likeness (QED) is 0.864. The van der Waals surface area contributed by atoms with E-state index in [9.17, 15) is 4.79 Å². The normalized spacial score (nSPS) is 10.6. The number of aliphatic carboxylic acids is 1. The summed E-state index contributed by atoms with van der Waals surface area (Å²) in [5.74, 6) is 0.393. The van der Waals surface area contributed by atoms with E-state index in [0.717, 1.165) is 16.7 Å². The summed E-state index contributed by atoms with van der Waals surface area (Å²) in [5, 5.41) is 15.5. The molecule has 0 aliphatic heterocycles. The molecule has 0 atom stereocenters. The molecule has 0 bridgehead atoms. The summed E-state index contributed by atoms with van der Waals surface area (Å²) in [6, 6.07) is 6.09. The molecule has 0 saturated carbocycles. The maximum Gasteiger partial charge on any atom is 0.303 e. The lowest BCUT2D eigenvalue weighted by molar-refractivity contribution is -0.137. The van der Waals surface area contributed by atoms with Crippen molar-refractivity contribution in [2.45, 2.75) is 26.7 Å². The number of aromatic amines is 1. The Labute approximate surface area is 105 Å². The Kier molecular flexibility index (Phi) is 3.41. The van der Waals surface area contributed by atoms with Crippen molar-refractivity contribution < 1.29 is 9.90 Å². The van der Waals surface area contributed by atoms with Gasteiger partial charge >= 0.3 is 5.97 Å². The van der Waals surface area contributed by atoms with Crippen molar-refractivity contribution in [3.63, 3.8) is 0 Å². The van der Waals surface area contributed by atoms with Crippen LogP contribution in [0.25, 0.3) is 11.4 Å². The fourth-order valence-corrected chi connectivity index (χ4v) is 1.73. The minimum Gasteiger partial charge on any atom is -0.481 e. The summed E-state index contributed by atoms with van der Waals surface area (Å²) in [7, 11) is 0. The van der Waals surface area contributed by atoms with Gasteiger partial charge in [-0.05, 0) is 25.5 Å². The molecule has 2 aromatic rings. The second kappa shape index (κ2) is 5.00. The molecule has 1 aromatic heterocycles. The van der Waals surface area contributed by atoms with Crippen LogP contribution in [0.4, 0.5) is 0 Å². The summed E-state index contributed by atoms with van der Waals surface area (Å²) in [6.45, 7) is 4.02. The van der Waals surface area contributed by atoms with Gasteiger partial charge in [-0.2, -0.15) is 5.10 Å². The molecule has 1 heterocycles. The Morgan fingerprint density at radius 2 is 2.17 bits per heavy atom. The average molecular weight is 245 g/mol. The standard InChI is InChI=1S/C13H15N3O2/c1-8-3-4-9(2)10(7-8)13-14-11(15-16-13)5-6-12(17)18/h3-4,7H,5-6H2,1-2H3,(H,17,18)(H,14,15,16). The summed E-state index contributed by atoms with van der Waals surface area (Å²) in [6.07, 6.45) is 0.425. The third-order valence-electron chi connectivity index (χ3n) is 2.74. The van der Waals surface area contributed by atoms with Crippen LogP contribution < -0.4 is 0 Å². The zero-order valence-electron chi connectivity index (χ0n) is 10.4. The first-order chi connectivity index (χ1) is 8.56.